The minimum absolute atomic E-state index is 0.197. The van der Waals surface area contributed by atoms with E-state index >= 15 is 0 Å². The summed E-state index contributed by atoms with van der Waals surface area (Å²) in [6, 6.07) is 25.5. The van der Waals surface area contributed by atoms with E-state index in [0.717, 1.165) is 16.7 Å². The molecular weight excluding hydrogens is 392 g/mol. The standard InChI is InChI=1S/C26H26O5/c1-20(27)16-26(28)29-15-14-21-12-13-24(30-18-22-8-4-2-5-9-22)25(17-21)31-19-23-10-6-3-7-11-23/h2-13,17H,14-16,18-19H2,1H3. The Kier molecular flexibility index (Phi) is 8.23. The van der Waals surface area contributed by atoms with Gasteiger partial charge in [-0.2, -0.15) is 0 Å². The fourth-order valence-corrected chi connectivity index (χ4v) is 2.95. The second-order valence-corrected chi connectivity index (χ2v) is 7.18. The second-order valence-electron chi connectivity index (χ2n) is 7.18. The first kappa shape index (κ1) is 22.1. The van der Waals surface area contributed by atoms with Crippen molar-refractivity contribution in [2.45, 2.75) is 33.0 Å². The fraction of sp³-hybridized carbons (Fsp3) is 0.231. The molecule has 5 nitrogen and oxygen atoms in total. The van der Waals surface area contributed by atoms with Crippen LogP contribution < -0.4 is 9.47 Å². The van der Waals surface area contributed by atoms with Crippen molar-refractivity contribution in [1.29, 1.82) is 0 Å². The molecule has 31 heavy (non-hydrogen) atoms. The van der Waals surface area contributed by atoms with Gasteiger partial charge in [0.15, 0.2) is 11.5 Å². The van der Waals surface area contributed by atoms with Gasteiger partial charge >= 0.3 is 5.97 Å². The lowest BCUT2D eigenvalue weighted by Crippen LogP contribution is -2.11. The number of carbonyl (C=O) groups excluding carboxylic acids is 2. The smallest absolute Gasteiger partial charge is 0.313 e. The van der Waals surface area contributed by atoms with E-state index in [2.05, 4.69) is 0 Å². The highest BCUT2D eigenvalue weighted by molar-refractivity contribution is 5.94. The summed E-state index contributed by atoms with van der Waals surface area (Å²) in [5, 5.41) is 0. The van der Waals surface area contributed by atoms with Crippen LogP contribution in [0.5, 0.6) is 11.5 Å². The Morgan fingerprint density at radius 3 is 1.87 bits per heavy atom. The largest absolute Gasteiger partial charge is 0.485 e. The van der Waals surface area contributed by atoms with Crippen molar-refractivity contribution in [3.05, 3.63) is 95.6 Å². The van der Waals surface area contributed by atoms with Gasteiger partial charge in [-0.3, -0.25) is 9.59 Å². The van der Waals surface area contributed by atoms with E-state index in [1.165, 1.54) is 6.92 Å². The molecule has 3 aromatic rings. The normalized spacial score (nSPS) is 10.4. The number of ether oxygens (including phenoxy) is 3. The van der Waals surface area contributed by atoms with Crippen LogP contribution in [0, 0.1) is 0 Å². The van der Waals surface area contributed by atoms with Crippen LogP contribution in [-0.4, -0.2) is 18.4 Å². The van der Waals surface area contributed by atoms with E-state index in [4.69, 9.17) is 14.2 Å². The van der Waals surface area contributed by atoms with Gasteiger partial charge in [0, 0.05) is 6.42 Å². The topological polar surface area (TPSA) is 61.8 Å². The number of benzene rings is 3. The first-order valence-corrected chi connectivity index (χ1v) is 10.2. The molecule has 0 N–H and O–H groups in total. The van der Waals surface area contributed by atoms with E-state index in [0.29, 0.717) is 31.1 Å². The van der Waals surface area contributed by atoms with Gasteiger partial charge in [0.2, 0.25) is 0 Å². The van der Waals surface area contributed by atoms with Crippen molar-refractivity contribution < 1.29 is 23.8 Å². The Labute approximate surface area is 182 Å². The summed E-state index contributed by atoms with van der Waals surface area (Å²) in [7, 11) is 0. The predicted octanol–water partition coefficient (Wildman–Crippen LogP) is 4.91. The summed E-state index contributed by atoms with van der Waals surface area (Å²) in [5.41, 5.74) is 3.07. The number of rotatable bonds is 11. The van der Waals surface area contributed by atoms with Crippen LogP contribution in [0.3, 0.4) is 0 Å². The Morgan fingerprint density at radius 1 is 0.710 bits per heavy atom. The van der Waals surface area contributed by atoms with E-state index < -0.39 is 5.97 Å². The molecule has 0 fully saturated rings. The molecule has 5 heteroatoms. The molecule has 0 spiro atoms. The first-order valence-electron chi connectivity index (χ1n) is 10.2. The third kappa shape index (κ3) is 7.63. The molecule has 3 rings (SSSR count). The third-order valence-electron chi connectivity index (χ3n) is 4.53. The molecule has 0 atom stereocenters. The molecular formula is C26H26O5. The molecule has 0 saturated carbocycles. The van der Waals surface area contributed by atoms with Crippen LogP contribution in [0.25, 0.3) is 0 Å². The number of hydrogen-bond donors (Lipinski definition) is 0. The summed E-state index contributed by atoms with van der Waals surface area (Å²) in [5.74, 6) is 0.571. The van der Waals surface area contributed by atoms with Crippen molar-refractivity contribution in [2.24, 2.45) is 0 Å². The maximum atomic E-state index is 11.6. The molecule has 0 aliphatic rings. The lowest BCUT2D eigenvalue weighted by molar-refractivity contribution is -0.145. The van der Waals surface area contributed by atoms with Gasteiger partial charge in [0.25, 0.3) is 0 Å². The molecule has 0 unspecified atom stereocenters. The zero-order valence-electron chi connectivity index (χ0n) is 17.6. The lowest BCUT2D eigenvalue weighted by atomic mass is 10.1. The van der Waals surface area contributed by atoms with Crippen LogP contribution in [-0.2, 0) is 34.0 Å². The predicted molar refractivity (Wildman–Crippen MR) is 118 cm³/mol. The SMILES string of the molecule is CC(=O)CC(=O)OCCc1ccc(OCc2ccccc2)c(OCc2ccccc2)c1. The highest BCUT2D eigenvalue weighted by Crippen LogP contribution is 2.30. The Morgan fingerprint density at radius 2 is 1.29 bits per heavy atom. The molecule has 160 valence electrons. The Balaban J connectivity index is 1.66. The Hall–Kier alpha value is -3.60. The monoisotopic (exact) mass is 418 g/mol. The molecule has 0 amide bonds. The van der Waals surface area contributed by atoms with Gasteiger partial charge in [0.05, 0.1) is 6.61 Å². The van der Waals surface area contributed by atoms with Gasteiger partial charge in [-0.25, -0.2) is 0 Å². The van der Waals surface area contributed by atoms with E-state index in [-0.39, 0.29) is 18.8 Å². The van der Waals surface area contributed by atoms with E-state index in [1.54, 1.807) is 0 Å². The van der Waals surface area contributed by atoms with E-state index in [9.17, 15) is 9.59 Å². The minimum Gasteiger partial charge on any atom is -0.485 e. The van der Waals surface area contributed by atoms with Crippen LogP contribution >= 0.6 is 0 Å². The molecule has 0 saturated heterocycles. The molecule has 0 aliphatic carbocycles. The van der Waals surface area contributed by atoms with Crippen molar-refractivity contribution in [2.75, 3.05) is 6.61 Å². The molecule has 0 heterocycles. The number of carbonyl (C=O) groups is 2. The van der Waals surface area contributed by atoms with Gasteiger partial charge in [-0.1, -0.05) is 66.7 Å². The summed E-state index contributed by atoms with van der Waals surface area (Å²) in [4.78, 5) is 22.5. The average molecular weight is 418 g/mol. The number of Topliss-reactive ketones (excluding diaryl/α,β-unsaturated/α-hetero) is 1. The molecule has 0 aliphatic heterocycles. The number of esters is 1. The number of hydrogen-bond acceptors (Lipinski definition) is 5. The summed E-state index contributed by atoms with van der Waals surface area (Å²) >= 11 is 0. The van der Waals surface area contributed by atoms with Gasteiger partial charge in [0.1, 0.15) is 25.4 Å². The van der Waals surface area contributed by atoms with Crippen LogP contribution in [0.1, 0.15) is 30.0 Å². The third-order valence-corrected chi connectivity index (χ3v) is 4.53. The van der Waals surface area contributed by atoms with Crippen molar-refractivity contribution in [3.8, 4) is 11.5 Å². The van der Waals surface area contributed by atoms with Gasteiger partial charge < -0.3 is 14.2 Å². The molecule has 0 bridgehead atoms. The first-order chi connectivity index (χ1) is 15.1. The quantitative estimate of drug-likeness (QED) is 0.327. The van der Waals surface area contributed by atoms with Crippen LogP contribution in [0.2, 0.25) is 0 Å². The number of ketones is 1. The van der Waals surface area contributed by atoms with Crippen LogP contribution in [0.4, 0.5) is 0 Å². The second kappa shape index (κ2) is 11.6. The average Bonchev–Trinajstić information content (AvgIpc) is 2.78. The summed E-state index contributed by atoms with van der Waals surface area (Å²) in [6.07, 6.45) is 0.321. The van der Waals surface area contributed by atoms with Crippen LogP contribution in [0.15, 0.2) is 78.9 Å². The van der Waals surface area contributed by atoms with Crippen molar-refractivity contribution in [3.63, 3.8) is 0 Å². The van der Waals surface area contributed by atoms with Gasteiger partial charge in [-0.15, -0.1) is 0 Å². The van der Waals surface area contributed by atoms with E-state index in [1.807, 2.05) is 78.9 Å². The van der Waals surface area contributed by atoms with Gasteiger partial charge in [-0.05, 0) is 35.7 Å². The lowest BCUT2D eigenvalue weighted by Gasteiger charge is -2.15. The molecule has 3 aromatic carbocycles. The minimum atomic E-state index is -0.504. The van der Waals surface area contributed by atoms with Crippen molar-refractivity contribution >= 4 is 11.8 Å². The zero-order chi connectivity index (χ0) is 21.9. The zero-order valence-corrected chi connectivity index (χ0v) is 17.6. The summed E-state index contributed by atoms with van der Waals surface area (Å²) < 4.78 is 17.2. The molecule has 0 aromatic heterocycles. The molecule has 0 radical (unpaired) electrons. The highest BCUT2D eigenvalue weighted by atomic mass is 16.5. The Bertz CT molecular complexity index is 983. The van der Waals surface area contributed by atoms with Crippen molar-refractivity contribution in [1.82, 2.24) is 0 Å². The maximum Gasteiger partial charge on any atom is 0.313 e. The summed E-state index contributed by atoms with van der Waals surface area (Å²) in [6.45, 7) is 2.42. The maximum absolute atomic E-state index is 11.6. The highest BCUT2D eigenvalue weighted by Gasteiger charge is 2.10. The fourth-order valence-electron chi connectivity index (χ4n) is 2.95.